The monoisotopic (exact) mass is 224 g/mol. The summed E-state index contributed by atoms with van der Waals surface area (Å²) in [6.07, 6.45) is 6.65. The fourth-order valence-electron chi connectivity index (χ4n) is 0.902. The van der Waals surface area contributed by atoms with Gasteiger partial charge in [-0.3, -0.25) is 5.10 Å². The summed E-state index contributed by atoms with van der Waals surface area (Å²) in [6, 6.07) is 0. The van der Waals surface area contributed by atoms with Gasteiger partial charge in [0.1, 0.15) is 6.33 Å². The quantitative estimate of drug-likeness (QED) is 0.802. The van der Waals surface area contributed by atoms with Crippen LogP contribution in [0.5, 0.6) is 0 Å². The average molecular weight is 225 g/mol. The molecule has 0 saturated heterocycles. The van der Waals surface area contributed by atoms with Crippen LogP contribution >= 0.6 is 15.9 Å². The zero-order chi connectivity index (χ0) is 8.39. The Balaban J connectivity index is 2.51. The number of nitrogens with zero attached hydrogens (tertiary/aromatic N) is 3. The van der Waals surface area contributed by atoms with Crippen LogP contribution in [-0.2, 0) is 0 Å². The van der Waals surface area contributed by atoms with Crippen molar-refractivity contribution in [2.24, 2.45) is 0 Å². The second-order valence-electron chi connectivity index (χ2n) is 2.22. The van der Waals surface area contributed by atoms with Gasteiger partial charge in [-0.15, -0.1) is 0 Å². The normalized spacial score (nSPS) is 10.1. The molecule has 0 aliphatic heterocycles. The average Bonchev–Trinajstić information content (AvgIpc) is 2.53. The van der Waals surface area contributed by atoms with Crippen molar-refractivity contribution >= 4 is 15.9 Å². The van der Waals surface area contributed by atoms with E-state index in [9.17, 15) is 0 Å². The van der Waals surface area contributed by atoms with E-state index < -0.39 is 0 Å². The molecule has 0 spiro atoms. The first-order valence-electron chi connectivity index (χ1n) is 3.32. The maximum absolute atomic E-state index is 3.90. The van der Waals surface area contributed by atoms with Crippen molar-refractivity contribution in [3.05, 3.63) is 29.4 Å². The van der Waals surface area contributed by atoms with Crippen LogP contribution in [-0.4, -0.2) is 20.2 Å². The Morgan fingerprint density at radius 2 is 1.92 bits per heavy atom. The Morgan fingerprint density at radius 1 is 1.17 bits per heavy atom. The smallest absolute Gasteiger partial charge is 0.115 e. The van der Waals surface area contributed by atoms with Gasteiger partial charge in [0.15, 0.2) is 0 Å². The SMILES string of the molecule is Brc1cn[nH]c1-c1cncnc1. The topological polar surface area (TPSA) is 54.5 Å². The van der Waals surface area contributed by atoms with Gasteiger partial charge in [0.2, 0.25) is 0 Å². The molecule has 1 N–H and O–H groups in total. The number of hydrogen-bond donors (Lipinski definition) is 1. The zero-order valence-electron chi connectivity index (χ0n) is 6.03. The number of halogens is 1. The number of hydrogen-bond acceptors (Lipinski definition) is 3. The molecule has 0 saturated carbocycles. The molecule has 0 unspecified atom stereocenters. The predicted molar refractivity (Wildman–Crippen MR) is 47.3 cm³/mol. The molecule has 2 aromatic heterocycles. The molecular weight excluding hydrogens is 220 g/mol. The van der Waals surface area contributed by atoms with E-state index in [1.54, 1.807) is 18.6 Å². The third kappa shape index (κ3) is 1.23. The minimum atomic E-state index is 0.899. The van der Waals surface area contributed by atoms with Crippen LogP contribution in [0.15, 0.2) is 29.4 Å². The number of aromatic amines is 1. The molecule has 0 amide bonds. The number of rotatable bonds is 1. The summed E-state index contributed by atoms with van der Waals surface area (Å²) in [5, 5.41) is 6.72. The van der Waals surface area contributed by atoms with Gasteiger partial charge in [-0.2, -0.15) is 5.10 Å². The molecule has 4 nitrogen and oxygen atoms in total. The van der Waals surface area contributed by atoms with Crippen LogP contribution in [0.25, 0.3) is 11.3 Å². The second-order valence-corrected chi connectivity index (χ2v) is 3.07. The Morgan fingerprint density at radius 3 is 2.50 bits per heavy atom. The highest BCUT2D eigenvalue weighted by Gasteiger charge is 2.03. The van der Waals surface area contributed by atoms with E-state index in [4.69, 9.17) is 0 Å². The van der Waals surface area contributed by atoms with Gasteiger partial charge in [-0.25, -0.2) is 9.97 Å². The number of aromatic nitrogens is 4. The van der Waals surface area contributed by atoms with E-state index in [0.29, 0.717) is 0 Å². The molecule has 5 heteroatoms. The second kappa shape index (κ2) is 3.02. The molecule has 0 aliphatic carbocycles. The van der Waals surface area contributed by atoms with Gasteiger partial charge in [0.25, 0.3) is 0 Å². The Labute approximate surface area is 77.2 Å². The highest BCUT2D eigenvalue weighted by Crippen LogP contribution is 2.23. The van der Waals surface area contributed by atoms with Crippen molar-refractivity contribution in [2.45, 2.75) is 0 Å². The van der Waals surface area contributed by atoms with Crippen molar-refractivity contribution in [2.75, 3.05) is 0 Å². The van der Waals surface area contributed by atoms with Crippen LogP contribution in [0.4, 0.5) is 0 Å². The van der Waals surface area contributed by atoms with E-state index in [1.165, 1.54) is 6.33 Å². The predicted octanol–water partition coefficient (Wildman–Crippen LogP) is 1.63. The molecule has 0 aromatic carbocycles. The highest BCUT2D eigenvalue weighted by molar-refractivity contribution is 9.10. The van der Waals surface area contributed by atoms with E-state index in [-0.39, 0.29) is 0 Å². The van der Waals surface area contributed by atoms with E-state index in [1.807, 2.05) is 0 Å². The molecule has 60 valence electrons. The van der Waals surface area contributed by atoms with Crippen molar-refractivity contribution < 1.29 is 0 Å². The van der Waals surface area contributed by atoms with Crippen LogP contribution < -0.4 is 0 Å². The molecule has 0 fully saturated rings. The lowest BCUT2D eigenvalue weighted by atomic mass is 10.2. The molecule has 0 atom stereocenters. The molecule has 2 heterocycles. The Hall–Kier alpha value is -1.23. The molecule has 12 heavy (non-hydrogen) atoms. The van der Waals surface area contributed by atoms with Crippen molar-refractivity contribution in [3.8, 4) is 11.3 Å². The van der Waals surface area contributed by atoms with Crippen molar-refractivity contribution in [3.63, 3.8) is 0 Å². The summed E-state index contributed by atoms with van der Waals surface area (Å²) in [4.78, 5) is 7.80. The lowest BCUT2D eigenvalue weighted by Gasteiger charge is -1.94. The molecule has 0 aliphatic rings. The van der Waals surface area contributed by atoms with Gasteiger partial charge in [0, 0.05) is 18.0 Å². The molecule has 2 aromatic rings. The Kier molecular flexibility index (Phi) is 1.87. The minimum Gasteiger partial charge on any atom is -0.277 e. The van der Waals surface area contributed by atoms with Crippen LogP contribution in [0.1, 0.15) is 0 Å². The lowest BCUT2D eigenvalue weighted by molar-refractivity contribution is 1.08. The molecule has 0 bridgehead atoms. The molecule has 2 rings (SSSR count). The minimum absolute atomic E-state index is 0.899. The first-order chi connectivity index (χ1) is 5.88. The highest BCUT2D eigenvalue weighted by atomic mass is 79.9. The summed E-state index contributed by atoms with van der Waals surface area (Å²) < 4.78 is 0.914. The Bertz CT molecular complexity index is 370. The number of nitrogens with one attached hydrogen (secondary N) is 1. The largest absolute Gasteiger partial charge is 0.277 e. The van der Waals surface area contributed by atoms with Gasteiger partial charge in [0.05, 0.1) is 16.4 Å². The third-order valence-electron chi connectivity index (χ3n) is 1.44. The van der Waals surface area contributed by atoms with E-state index in [0.717, 1.165) is 15.7 Å². The summed E-state index contributed by atoms with van der Waals surface area (Å²) in [7, 11) is 0. The van der Waals surface area contributed by atoms with Gasteiger partial charge < -0.3 is 0 Å². The van der Waals surface area contributed by atoms with Crippen LogP contribution in [0, 0.1) is 0 Å². The van der Waals surface area contributed by atoms with E-state index >= 15 is 0 Å². The maximum atomic E-state index is 3.90. The van der Waals surface area contributed by atoms with Gasteiger partial charge in [-0.05, 0) is 15.9 Å². The first-order valence-corrected chi connectivity index (χ1v) is 4.11. The van der Waals surface area contributed by atoms with Crippen LogP contribution in [0.2, 0.25) is 0 Å². The summed E-state index contributed by atoms with van der Waals surface area (Å²) in [6.45, 7) is 0. The summed E-state index contributed by atoms with van der Waals surface area (Å²) in [5.41, 5.74) is 1.82. The van der Waals surface area contributed by atoms with Crippen molar-refractivity contribution in [1.82, 2.24) is 20.2 Å². The zero-order valence-corrected chi connectivity index (χ0v) is 7.62. The maximum Gasteiger partial charge on any atom is 0.115 e. The standard InChI is InChI=1S/C7H5BrN4/c8-6-3-11-12-7(6)5-1-9-4-10-2-5/h1-4H,(H,11,12). The number of H-pyrrole nitrogens is 1. The van der Waals surface area contributed by atoms with Crippen molar-refractivity contribution in [1.29, 1.82) is 0 Å². The fraction of sp³-hybridized carbons (Fsp3) is 0. The van der Waals surface area contributed by atoms with E-state index in [2.05, 4.69) is 36.1 Å². The summed E-state index contributed by atoms with van der Waals surface area (Å²) in [5.74, 6) is 0. The third-order valence-corrected chi connectivity index (χ3v) is 2.04. The molecule has 0 radical (unpaired) electrons. The fourth-order valence-corrected chi connectivity index (χ4v) is 1.32. The first kappa shape index (κ1) is 7.42. The van der Waals surface area contributed by atoms with Gasteiger partial charge in [-0.1, -0.05) is 0 Å². The van der Waals surface area contributed by atoms with Gasteiger partial charge >= 0.3 is 0 Å². The molecular formula is C7H5BrN4. The lowest BCUT2D eigenvalue weighted by Crippen LogP contribution is -1.82. The van der Waals surface area contributed by atoms with Crippen LogP contribution in [0.3, 0.4) is 0 Å². The summed E-state index contributed by atoms with van der Waals surface area (Å²) >= 11 is 3.35.